The Balaban J connectivity index is 0.984. The van der Waals surface area contributed by atoms with Crippen molar-refractivity contribution >= 4 is 92.4 Å². The third kappa shape index (κ3) is 5.27. The van der Waals surface area contributed by atoms with Gasteiger partial charge in [-0.3, -0.25) is 0 Å². The standard InChI is InChI=1S/C54H33NO2S/c1-3-12-34(13-4-1)35-14-9-17-40(30-35)55(39-15-5-2-6-16-39)46-20-11-22-49-54(46)43-27-24-37(33-50(43)57-49)36-26-29-51-45(31-36)53-41(19-10-23-52(53)58-51)38-25-28-48-44(32-38)42-18-7-8-21-47(42)56-48/h1-33H. The van der Waals surface area contributed by atoms with Crippen molar-refractivity contribution in [1.82, 2.24) is 0 Å². The predicted octanol–water partition coefficient (Wildman–Crippen LogP) is 16.3. The maximum absolute atomic E-state index is 6.72. The summed E-state index contributed by atoms with van der Waals surface area (Å²) in [4.78, 5) is 2.34. The van der Waals surface area contributed by atoms with Gasteiger partial charge >= 0.3 is 0 Å². The molecule has 3 aromatic heterocycles. The van der Waals surface area contributed by atoms with E-state index < -0.39 is 0 Å². The van der Waals surface area contributed by atoms with Gasteiger partial charge in [0.1, 0.15) is 22.3 Å². The highest BCUT2D eigenvalue weighted by atomic mass is 32.1. The van der Waals surface area contributed by atoms with Crippen molar-refractivity contribution in [2.75, 3.05) is 4.90 Å². The van der Waals surface area contributed by atoms with Crippen LogP contribution in [0.25, 0.3) is 97.4 Å². The van der Waals surface area contributed by atoms with Gasteiger partial charge in [-0.05, 0) is 118 Å². The fourth-order valence-electron chi connectivity index (χ4n) is 8.77. The monoisotopic (exact) mass is 759 g/mol. The summed E-state index contributed by atoms with van der Waals surface area (Å²) < 4.78 is 15.4. The number of thiophene rings is 1. The summed E-state index contributed by atoms with van der Waals surface area (Å²) in [6.07, 6.45) is 0. The summed E-state index contributed by atoms with van der Waals surface area (Å²) in [6.45, 7) is 0. The van der Waals surface area contributed by atoms with Gasteiger partial charge in [-0.25, -0.2) is 0 Å². The van der Waals surface area contributed by atoms with E-state index in [1.54, 1.807) is 0 Å². The van der Waals surface area contributed by atoms with Crippen molar-refractivity contribution in [3.63, 3.8) is 0 Å². The third-order valence-corrected chi connectivity index (χ3v) is 12.6. The predicted molar refractivity (Wildman–Crippen MR) is 245 cm³/mol. The van der Waals surface area contributed by atoms with Crippen LogP contribution in [0.3, 0.4) is 0 Å². The minimum atomic E-state index is 0.857. The van der Waals surface area contributed by atoms with Crippen molar-refractivity contribution in [2.24, 2.45) is 0 Å². The van der Waals surface area contributed by atoms with Gasteiger partial charge in [0, 0.05) is 47.7 Å². The topological polar surface area (TPSA) is 29.5 Å². The van der Waals surface area contributed by atoms with Gasteiger partial charge in [0.25, 0.3) is 0 Å². The van der Waals surface area contributed by atoms with Gasteiger partial charge in [0.05, 0.1) is 11.1 Å². The molecule has 272 valence electrons. The maximum atomic E-state index is 6.72. The molecule has 0 saturated heterocycles. The van der Waals surface area contributed by atoms with Crippen molar-refractivity contribution < 1.29 is 8.83 Å². The molecule has 4 heteroatoms. The average Bonchev–Trinajstić information content (AvgIpc) is 3.98. The molecule has 0 fully saturated rings. The van der Waals surface area contributed by atoms with Crippen molar-refractivity contribution in [3.05, 3.63) is 200 Å². The Labute approximate surface area is 338 Å². The van der Waals surface area contributed by atoms with Crippen LogP contribution in [0.4, 0.5) is 17.1 Å². The molecule has 12 aromatic rings. The first-order valence-corrected chi connectivity index (χ1v) is 20.4. The molecular weight excluding hydrogens is 727 g/mol. The largest absolute Gasteiger partial charge is 0.456 e. The van der Waals surface area contributed by atoms with E-state index in [0.717, 1.165) is 72.1 Å². The molecule has 0 amide bonds. The first-order valence-electron chi connectivity index (χ1n) is 19.6. The summed E-state index contributed by atoms with van der Waals surface area (Å²) in [5.41, 5.74) is 13.8. The second-order valence-electron chi connectivity index (χ2n) is 14.9. The molecule has 0 saturated carbocycles. The van der Waals surface area contributed by atoms with Crippen LogP contribution in [0, 0.1) is 0 Å². The number of fused-ring (bicyclic) bond motifs is 9. The molecule has 3 heterocycles. The number of furan rings is 2. The molecular formula is C54H33NO2S. The molecule has 12 rings (SSSR count). The Hall–Kier alpha value is -7.40. The molecule has 0 spiro atoms. The second-order valence-corrected chi connectivity index (χ2v) is 15.9. The highest BCUT2D eigenvalue weighted by Gasteiger charge is 2.21. The van der Waals surface area contributed by atoms with Gasteiger partial charge in [-0.1, -0.05) is 115 Å². The quantitative estimate of drug-likeness (QED) is 0.169. The number of nitrogens with zero attached hydrogens (tertiary/aromatic N) is 1. The van der Waals surface area contributed by atoms with E-state index in [1.807, 2.05) is 23.5 Å². The lowest BCUT2D eigenvalue weighted by molar-refractivity contribution is 0.668. The van der Waals surface area contributed by atoms with Crippen LogP contribution in [-0.4, -0.2) is 0 Å². The summed E-state index contributed by atoms with van der Waals surface area (Å²) >= 11 is 1.85. The van der Waals surface area contributed by atoms with Crippen molar-refractivity contribution in [2.45, 2.75) is 0 Å². The molecule has 58 heavy (non-hydrogen) atoms. The Bertz CT molecular complexity index is 3520. The number of rotatable bonds is 6. The Morgan fingerprint density at radius 2 is 0.983 bits per heavy atom. The SMILES string of the molecule is c1ccc(-c2cccc(N(c3ccccc3)c3cccc4oc5cc(-c6ccc7sc8cccc(-c9ccc%10oc%11ccccc%11c%10c9)c8c7c6)ccc5c34)c2)cc1. The highest BCUT2D eigenvalue weighted by Crippen LogP contribution is 2.46. The first kappa shape index (κ1) is 32.8. The highest BCUT2D eigenvalue weighted by molar-refractivity contribution is 7.26. The van der Waals surface area contributed by atoms with E-state index in [-0.39, 0.29) is 0 Å². The lowest BCUT2D eigenvalue weighted by Gasteiger charge is -2.26. The fraction of sp³-hybridized carbons (Fsp3) is 0. The van der Waals surface area contributed by atoms with Crippen LogP contribution in [0.15, 0.2) is 209 Å². The zero-order valence-corrected chi connectivity index (χ0v) is 32.0. The maximum Gasteiger partial charge on any atom is 0.137 e. The Morgan fingerprint density at radius 1 is 0.328 bits per heavy atom. The number of benzene rings is 9. The van der Waals surface area contributed by atoms with Crippen LogP contribution in [0.2, 0.25) is 0 Å². The third-order valence-electron chi connectivity index (χ3n) is 11.5. The summed E-state index contributed by atoms with van der Waals surface area (Å²) in [5, 5.41) is 6.99. The second kappa shape index (κ2) is 13.1. The van der Waals surface area contributed by atoms with E-state index in [0.29, 0.717) is 0 Å². The van der Waals surface area contributed by atoms with Gasteiger partial charge in [-0.15, -0.1) is 11.3 Å². The van der Waals surface area contributed by atoms with E-state index >= 15 is 0 Å². The molecule has 0 aliphatic carbocycles. The van der Waals surface area contributed by atoms with Crippen LogP contribution >= 0.6 is 11.3 Å². The minimum Gasteiger partial charge on any atom is -0.456 e. The van der Waals surface area contributed by atoms with Crippen molar-refractivity contribution in [3.8, 4) is 33.4 Å². The zero-order chi connectivity index (χ0) is 38.2. The fourth-order valence-corrected chi connectivity index (χ4v) is 9.89. The van der Waals surface area contributed by atoms with Crippen molar-refractivity contribution in [1.29, 1.82) is 0 Å². The number of hydrogen-bond acceptors (Lipinski definition) is 4. The van der Waals surface area contributed by atoms with E-state index in [1.165, 1.54) is 42.4 Å². The molecule has 0 unspecified atom stereocenters. The molecule has 0 radical (unpaired) electrons. The Morgan fingerprint density at radius 3 is 1.90 bits per heavy atom. The molecule has 0 bridgehead atoms. The normalized spacial score (nSPS) is 11.8. The molecule has 3 nitrogen and oxygen atoms in total. The first-order chi connectivity index (χ1) is 28.7. The molecule has 0 aliphatic heterocycles. The van der Waals surface area contributed by atoms with Gasteiger partial charge in [0.15, 0.2) is 0 Å². The lowest BCUT2D eigenvalue weighted by Crippen LogP contribution is -2.10. The Kier molecular flexibility index (Phi) is 7.40. The zero-order valence-electron chi connectivity index (χ0n) is 31.2. The molecule has 0 aliphatic rings. The van der Waals surface area contributed by atoms with Gasteiger partial charge in [0.2, 0.25) is 0 Å². The number of para-hydroxylation sites is 2. The van der Waals surface area contributed by atoms with Crippen LogP contribution in [0.5, 0.6) is 0 Å². The minimum absolute atomic E-state index is 0.857. The lowest BCUT2D eigenvalue weighted by atomic mass is 9.96. The molecule has 0 atom stereocenters. The summed E-state index contributed by atoms with van der Waals surface area (Å²) in [7, 11) is 0. The average molecular weight is 760 g/mol. The van der Waals surface area contributed by atoms with E-state index in [4.69, 9.17) is 8.83 Å². The summed E-state index contributed by atoms with van der Waals surface area (Å²) in [6, 6.07) is 71.4. The molecule has 9 aromatic carbocycles. The number of hydrogen-bond donors (Lipinski definition) is 0. The van der Waals surface area contributed by atoms with Crippen LogP contribution < -0.4 is 4.90 Å². The van der Waals surface area contributed by atoms with E-state index in [2.05, 4.69) is 193 Å². The number of anilines is 3. The van der Waals surface area contributed by atoms with E-state index in [9.17, 15) is 0 Å². The van der Waals surface area contributed by atoms with Gasteiger partial charge in [-0.2, -0.15) is 0 Å². The summed E-state index contributed by atoms with van der Waals surface area (Å²) in [5.74, 6) is 0. The molecule has 0 N–H and O–H groups in total. The van der Waals surface area contributed by atoms with Gasteiger partial charge < -0.3 is 13.7 Å². The van der Waals surface area contributed by atoms with Crippen LogP contribution in [0.1, 0.15) is 0 Å². The smallest absolute Gasteiger partial charge is 0.137 e. The van der Waals surface area contributed by atoms with Crippen LogP contribution in [-0.2, 0) is 0 Å².